The molecule has 0 aliphatic heterocycles. The predicted octanol–water partition coefficient (Wildman–Crippen LogP) is 0.754. The smallest absolute Gasteiger partial charge is 0.325 e. The maximum atomic E-state index is 11.0. The van der Waals surface area contributed by atoms with Crippen molar-refractivity contribution in [2.24, 2.45) is 0 Å². The molecule has 3 N–H and O–H groups in total. The van der Waals surface area contributed by atoms with E-state index in [1.165, 1.54) is 13.2 Å². The zero-order valence-electron chi connectivity index (χ0n) is 9.01. The van der Waals surface area contributed by atoms with Crippen molar-refractivity contribution < 1.29 is 19.7 Å². The minimum Gasteiger partial charge on any atom is -0.508 e. The summed E-state index contributed by atoms with van der Waals surface area (Å²) in [5.74, 6) is -1.06. The lowest BCUT2D eigenvalue weighted by atomic mass is 10.1. The summed E-state index contributed by atoms with van der Waals surface area (Å²) in [6, 6.07) is 5.45. The van der Waals surface area contributed by atoms with Crippen LogP contribution in [0.5, 0.6) is 5.75 Å². The first-order valence-electron chi connectivity index (χ1n) is 4.90. The summed E-state index contributed by atoms with van der Waals surface area (Å²) < 4.78 is 4.82. The average Bonchev–Trinajstić information content (AvgIpc) is 2.25. The lowest BCUT2D eigenvalue weighted by Gasteiger charge is -2.15. The van der Waals surface area contributed by atoms with Crippen LogP contribution in [0, 0.1) is 0 Å². The Hall–Kier alpha value is -1.59. The van der Waals surface area contributed by atoms with E-state index in [-0.39, 0.29) is 5.75 Å². The Bertz CT molecular complexity index is 354. The maximum Gasteiger partial charge on any atom is 0.325 e. The molecule has 0 aliphatic rings. The van der Waals surface area contributed by atoms with Gasteiger partial charge in [0.05, 0.1) is 6.61 Å². The molecule has 0 bridgehead atoms. The van der Waals surface area contributed by atoms with Gasteiger partial charge in [-0.3, -0.25) is 10.1 Å². The van der Waals surface area contributed by atoms with Crippen molar-refractivity contribution in [2.45, 2.75) is 6.04 Å². The van der Waals surface area contributed by atoms with Crippen LogP contribution in [0.2, 0.25) is 0 Å². The van der Waals surface area contributed by atoms with Crippen molar-refractivity contribution in [2.75, 3.05) is 20.3 Å². The second-order valence-corrected chi connectivity index (χ2v) is 3.28. The lowest BCUT2D eigenvalue weighted by molar-refractivity contribution is -0.139. The minimum absolute atomic E-state index is 0.0279. The number of hydrogen-bond donors (Lipinski definition) is 3. The Morgan fingerprint density at radius 2 is 2.19 bits per heavy atom. The number of ether oxygens (including phenoxy) is 1. The first-order valence-corrected chi connectivity index (χ1v) is 4.90. The first kappa shape index (κ1) is 12.5. The van der Waals surface area contributed by atoms with Gasteiger partial charge in [0.2, 0.25) is 0 Å². The largest absolute Gasteiger partial charge is 0.508 e. The third-order valence-corrected chi connectivity index (χ3v) is 2.15. The Kier molecular flexibility index (Phi) is 4.75. The normalized spacial score (nSPS) is 12.3. The monoisotopic (exact) mass is 225 g/mol. The topological polar surface area (TPSA) is 78.8 Å². The van der Waals surface area contributed by atoms with Crippen molar-refractivity contribution in [1.82, 2.24) is 5.32 Å². The van der Waals surface area contributed by atoms with Crippen LogP contribution in [-0.2, 0) is 9.53 Å². The van der Waals surface area contributed by atoms with Gasteiger partial charge in [-0.2, -0.15) is 0 Å². The van der Waals surface area contributed by atoms with Gasteiger partial charge in [0.25, 0.3) is 0 Å². The zero-order valence-corrected chi connectivity index (χ0v) is 9.01. The molecule has 0 aliphatic carbocycles. The van der Waals surface area contributed by atoms with Gasteiger partial charge in [0.1, 0.15) is 11.8 Å². The number of para-hydroxylation sites is 1. The molecule has 0 heterocycles. The highest BCUT2D eigenvalue weighted by molar-refractivity contribution is 5.76. The third-order valence-electron chi connectivity index (χ3n) is 2.15. The molecule has 1 aromatic rings. The highest BCUT2D eigenvalue weighted by atomic mass is 16.5. The summed E-state index contributed by atoms with van der Waals surface area (Å²) in [4.78, 5) is 11.0. The van der Waals surface area contributed by atoms with E-state index in [2.05, 4.69) is 5.32 Å². The van der Waals surface area contributed by atoms with Crippen molar-refractivity contribution in [3.8, 4) is 5.75 Å². The first-order chi connectivity index (χ1) is 7.66. The molecule has 0 amide bonds. The van der Waals surface area contributed by atoms with Crippen LogP contribution in [-0.4, -0.2) is 36.4 Å². The van der Waals surface area contributed by atoms with Crippen LogP contribution >= 0.6 is 0 Å². The van der Waals surface area contributed by atoms with Crippen molar-refractivity contribution in [1.29, 1.82) is 0 Å². The molecule has 1 unspecified atom stereocenters. The number of aromatic hydroxyl groups is 1. The fraction of sp³-hybridized carbons (Fsp3) is 0.364. The van der Waals surface area contributed by atoms with Gasteiger partial charge in [-0.25, -0.2) is 0 Å². The molecule has 0 saturated heterocycles. The van der Waals surface area contributed by atoms with E-state index in [0.29, 0.717) is 18.7 Å². The van der Waals surface area contributed by atoms with Crippen LogP contribution in [0.1, 0.15) is 11.6 Å². The predicted molar refractivity (Wildman–Crippen MR) is 58.4 cm³/mol. The van der Waals surface area contributed by atoms with Crippen molar-refractivity contribution in [3.63, 3.8) is 0 Å². The zero-order chi connectivity index (χ0) is 12.0. The number of carbonyl (C=O) groups is 1. The third kappa shape index (κ3) is 3.22. The van der Waals surface area contributed by atoms with E-state index in [4.69, 9.17) is 9.84 Å². The summed E-state index contributed by atoms with van der Waals surface area (Å²) in [5, 5.41) is 21.4. The Morgan fingerprint density at radius 1 is 1.50 bits per heavy atom. The van der Waals surface area contributed by atoms with Gasteiger partial charge in [-0.1, -0.05) is 18.2 Å². The number of benzene rings is 1. The van der Waals surface area contributed by atoms with E-state index in [1.54, 1.807) is 18.2 Å². The molecule has 1 aromatic carbocycles. The van der Waals surface area contributed by atoms with Gasteiger partial charge in [-0.15, -0.1) is 0 Å². The molecule has 1 rings (SSSR count). The van der Waals surface area contributed by atoms with E-state index in [1.807, 2.05) is 0 Å². The Labute approximate surface area is 93.7 Å². The van der Waals surface area contributed by atoms with E-state index in [0.717, 1.165) is 0 Å². The molecule has 1 atom stereocenters. The Morgan fingerprint density at radius 3 is 2.75 bits per heavy atom. The van der Waals surface area contributed by atoms with E-state index < -0.39 is 12.0 Å². The fourth-order valence-corrected chi connectivity index (χ4v) is 1.37. The number of carboxylic acids is 1. The van der Waals surface area contributed by atoms with Crippen molar-refractivity contribution >= 4 is 5.97 Å². The molecule has 0 spiro atoms. The second-order valence-electron chi connectivity index (χ2n) is 3.28. The molecule has 0 saturated carbocycles. The number of rotatable bonds is 6. The number of nitrogens with one attached hydrogen (secondary N) is 1. The van der Waals surface area contributed by atoms with Gasteiger partial charge >= 0.3 is 5.97 Å². The number of hydrogen-bond acceptors (Lipinski definition) is 4. The fourth-order valence-electron chi connectivity index (χ4n) is 1.37. The highest BCUT2D eigenvalue weighted by Crippen LogP contribution is 2.23. The maximum absolute atomic E-state index is 11.0. The Balaban J connectivity index is 2.78. The van der Waals surface area contributed by atoms with Crippen LogP contribution in [0.3, 0.4) is 0 Å². The molecule has 0 fully saturated rings. The summed E-state index contributed by atoms with van der Waals surface area (Å²) >= 11 is 0. The quantitative estimate of drug-likeness (QED) is 0.623. The van der Waals surface area contributed by atoms with Gasteiger partial charge in [0.15, 0.2) is 0 Å². The van der Waals surface area contributed by atoms with E-state index >= 15 is 0 Å². The van der Waals surface area contributed by atoms with Gasteiger partial charge in [0, 0.05) is 19.2 Å². The lowest BCUT2D eigenvalue weighted by Crippen LogP contribution is -2.31. The van der Waals surface area contributed by atoms with Gasteiger partial charge in [-0.05, 0) is 6.07 Å². The average molecular weight is 225 g/mol. The second kappa shape index (κ2) is 6.09. The summed E-state index contributed by atoms with van der Waals surface area (Å²) in [7, 11) is 1.54. The van der Waals surface area contributed by atoms with E-state index in [9.17, 15) is 9.90 Å². The number of methoxy groups -OCH3 is 1. The number of aliphatic carboxylic acids is 1. The molecular weight excluding hydrogens is 210 g/mol. The highest BCUT2D eigenvalue weighted by Gasteiger charge is 2.21. The summed E-state index contributed by atoms with van der Waals surface area (Å²) in [6.45, 7) is 0.819. The van der Waals surface area contributed by atoms with Crippen LogP contribution in [0.15, 0.2) is 24.3 Å². The van der Waals surface area contributed by atoms with Crippen LogP contribution < -0.4 is 5.32 Å². The van der Waals surface area contributed by atoms with Crippen LogP contribution in [0.4, 0.5) is 0 Å². The molecule has 0 aromatic heterocycles. The minimum atomic E-state index is -1.03. The SMILES string of the molecule is COCCNC(C(=O)O)c1ccccc1O. The molecular formula is C11H15NO4. The molecule has 88 valence electrons. The number of phenols is 1. The summed E-state index contributed by atoms with van der Waals surface area (Å²) in [5.41, 5.74) is 0.353. The molecule has 5 nitrogen and oxygen atoms in total. The van der Waals surface area contributed by atoms with Crippen LogP contribution in [0.25, 0.3) is 0 Å². The molecule has 16 heavy (non-hydrogen) atoms. The molecule has 5 heteroatoms. The van der Waals surface area contributed by atoms with Gasteiger partial charge < -0.3 is 14.9 Å². The number of carboxylic acid groups (broad SMARTS) is 1. The number of phenolic OH excluding ortho intramolecular Hbond substituents is 1. The summed E-state index contributed by atoms with van der Waals surface area (Å²) in [6.07, 6.45) is 0. The van der Waals surface area contributed by atoms with Crippen molar-refractivity contribution in [3.05, 3.63) is 29.8 Å². The molecule has 0 radical (unpaired) electrons. The standard InChI is InChI=1S/C11H15NO4/c1-16-7-6-12-10(11(14)15)8-4-2-3-5-9(8)13/h2-5,10,12-13H,6-7H2,1H3,(H,14,15).